The van der Waals surface area contributed by atoms with Crippen LogP contribution in [0.15, 0.2) is 0 Å². The first-order valence-electron chi connectivity index (χ1n) is 7.66. The molecule has 2 aliphatic heterocycles. The van der Waals surface area contributed by atoms with Crippen molar-refractivity contribution in [2.24, 2.45) is 0 Å². The van der Waals surface area contributed by atoms with Gasteiger partial charge in [0.1, 0.15) is 0 Å². The van der Waals surface area contributed by atoms with Crippen LogP contribution in [-0.2, 0) is 4.79 Å². The van der Waals surface area contributed by atoms with Gasteiger partial charge in [0.05, 0.1) is 12.1 Å². The lowest BCUT2D eigenvalue weighted by atomic mass is 10.0. The van der Waals surface area contributed by atoms with Crippen LogP contribution in [0.2, 0.25) is 0 Å². The number of amides is 3. The molecule has 3 N–H and O–H groups in total. The molecule has 2 rings (SSSR count). The zero-order valence-corrected chi connectivity index (χ0v) is 12.9. The molecule has 0 radical (unpaired) electrons. The Hall–Kier alpha value is -0.910. The molecule has 0 aromatic carbocycles. The summed E-state index contributed by atoms with van der Waals surface area (Å²) in [5.74, 6) is 1.18. The summed E-state index contributed by atoms with van der Waals surface area (Å²) < 4.78 is 0. The third-order valence-corrected chi connectivity index (χ3v) is 5.44. The lowest BCUT2D eigenvalue weighted by Gasteiger charge is -2.16. The summed E-state index contributed by atoms with van der Waals surface area (Å²) in [6, 6.07) is 0.557. The highest BCUT2D eigenvalue weighted by Gasteiger charge is 2.42. The van der Waals surface area contributed by atoms with E-state index in [1.165, 1.54) is 0 Å². The van der Waals surface area contributed by atoms with Gasteiger partial charge in [0.15, 0.2) is 0 Å². The molecule has 114 valence electrons. The van der Waals surface area contributed by atoms with Crippen molar-refractivity contribution in [1.29, 1.82) is 0 Å². The molecule has 2 fully saturated rings. The molecule has 0 aromatic rings. The number of carbonyl (C=O) groups is 2. The van der Waals surface area contributed by atoms with Gasteiger partial charge in [0, 0.05) is 24.0 Å². The third-order valence-electron chi connectivity index (χ3n) is 3.93. The van der Waals surface area contributed by atoms with Crippen LogP contribution in [0.25, 0.3) is 0 Å². The number of hydrogen-bond acceptors (Lipinski definition) is 3. The topological polar surface area (TPSA) is 70.2 Å². The average Bonchev–Trinajstić information content (AvgIpc) is 2.95. The predicted octanol–water partition coefficient (Wildman–Crippen LogP) is 1.63. The first kappa shape index (κ1) is 15.5. The fraction of sp³-hybridized carbons (Fsp3) is 0.857. The van der Waals surface area contributed by atoms with Gasteiger partial charge in [-0.15, -0.1) is 0 Å². The van der Waals surface area contributed by atoms with Gasteiger partial charge >= 0.3 is 6.03 Å². The molecule has 6 heteroatoms. The van der Waals surface area contributed by atoms with Crippen LogP contribution in [0.5, 0.6) is 0 Å². The van der Waals surface area contributed by atoms with Gasteiger partial charge in [-0.05, 0) is 19.3 Å². The quantitative estimate of drug-likeness (QED) is 0.471. The van der Waals surface area contributed by atoms with Gasteiger partial charge in [-0.3, -0.25) is 4.79 Å². The van der Waals surface area contributed by atoms with Crippen LogP contribution in [0, 0.1) is 0 Å². The molecule has 5 nitrogen and oxygen atoms in total. The highest BCUT2D eigenvalue weighted by Crippen LogP contribution is 2.33. The summed E-state index contributed by atoms with van der Waals surface area (Å²) in [4.78, 5) is 22.8. The van der Waals surface area contributed by atoms with Crippen LogP contribution in [0.4, 0.5) is 4.79 Å². The zero-order chi connectivity index (χ0) is 14.4. The molecule has 0 aliphatic carbocycles. The molecular formula is C14H25N3O2S. The van der Waals surface area contributed by atoms with Crippen LogP contribution in [0.3, 0.4) is 0 Å². The van der Waals surface area contributed by atoms with E-state index < -0.39 is 0 Å². The largest absolute Gasteiger partial charge is 0.356 e. The Morgan fingerprint density at radius 3 is 3.00 bits per heavy atom. The molecule has 0 saturated carbocycles. The van der Waals surface area contributed by atoms with E-state index in [-0.39, 0.29) is 18.0 Å². The lowest BCUT2D eigenvalue weighted by molar-refractivity contribution is -0.121. The van der Waals surface area contributed by atoms with Crippen molar-refractivity contribution in [3.05, 3.63) is 0 Å². The maximum absolute atomic E-state index is 11.6. The monoisotopic (exact) mass is 299 g/mol. The summed E-state index contributed by atoms with van der Waals surface area (Å²) in [6.07, 6.45) is 5.86. The number of hydrogen-bond donors (Lipinski definition) is 3. The SMILES string of the molecule is CCCCNC(=O)CCCC[C@@H]1SC[C@@H]2NC(=O)N[C@@H]21. The normalized spacial score (nSPS) is 27.9. The Bertz CT molecular complexity index is 351. The number of fused-ring (bicyclic) bond motifs is 1. The molecule has 0 spiro atoms. The van der Waals surface area contributed by atoms with Gasteiger partial charge < -0.3 is 16.0 Å². The van der Waals surface area contributed by atoms with Crippen molar-refractivity contribution in [3.8, 4) is 0 Å². The van der Waals surface area contributed by atoms with E-state index in [4.69, 9.17) is 0 Å². The van der Waals surface area contributed by atoms with Crippen molar-refractivity contribution in [3.63, 3.8) is 0 Å². The first-order valence-corrected chi connectivity index (χ1v) is 8.71. The lowest BCUT2D eigenvalue weighted by Crippen LogP contribution is -2.36. The van der Waals surface area contributed by atoms with Gasteiger partial charge in [0.25, 0.3) is 0 Å². The third kappa shape index (κ3) is 4.30. The summed E-state index contributed by atoms with van der Waals surface area (Å²) in [6.45, 7) is 2.92. The van der Waals surface area contributed by atoms with Gasteiger partial charge in [-0.1, -0.05) is 19.8 Å². The van der Waals surface area contributed by atoms with E-state index in [2.05, 4.69) is 22.9 Å². The molecule has 2 heterocycles. The number of nitrogens with one attached hydrogen (secondary N) is 3. The Morgan fingerprint density at radius 1 is 1.35 bits per heavy atom. The molecule has 0 bridgehead atoms. The van der Waals surface area contributed by atoms with Gasteiger partial charge in [0.2, 0.25) is 5.91 Å². The maximum atomic E-state index is 11.6. The van der Waals surface area contributed by atoms with E-state index in [0.29, 0.717) is 17.7 Å². The van der Waals surface area contributed by atoms with E-state index in [0.717, 1.165) is 44.4 Å². The van der Waals surface area contributed by atoms with E-state index >= 15 is 0 Å². The molecule has 2 aliphatic rings. The number of rotatable bonds is 8. The van der Waals surface area contributed by atoms with Crippen LogP contribution in [0.1, 0.15) is 45.4 Å². The summed E-state index contributed by atoms with van der Waals surface area (Å²) in [7, 11) is 0. The molecule has 20 heavy (non-hydrogen) atoms. The smallest absolute Gasteiger partial charge is 0.315 e. The molecule has 0 aromatic heterocycles. The van der Waals surface area contributed by atoms with Crippen LogP contribution >= 0.6 is 11.8 Å². The molecule has 0 unspecified atom stereocenters. The molecule has 3 atom stereocenters. The van der Waals surface area contributed by atoms with Gasteiger partial charge in [-0.2, -0.15) is 11.8 Å². The standard InChI is InChI=1S/C14H25N3O2S/c1-2-3-8-15-12(18)7-5-4-6-11-13-10(9-20-11)16-14(19)17-13/h10-11,13H,2-9H2,1H3,(H,15,18)(H2,16,17,19)/t10-,11-,13-/m0/s1. The van der Waals surface area contributed by atoms with Crippen LogP contribution < -0.4 is 16.0 Å². The Morgan fingerprint density at radius 2 is 2.20 bits per heavy atom. The van der Waals surface area contributed by atoms with E-state index in [1.54, 1.807) is 0 Å². The number of carbonyl (C=O) groups excluding carboxylic acids is 2. The Balaban J connectivity index is 1.55. The van der Waals surface area contributed by atoms with Crippen molar-refractivity contribution < 1.29 is 9.59 Å². The second kappa shape index (κ2) is 7.76. The second-order valence-corrected chi connectivity index (χ2v) is 6.84. The highest BCUT2D eigenvalue weighted by molar-refractivity contribution is 8.00. The van der Waals surface area contributed by atoms with Crippen molar-refractivity contribution in [1.82, 2.24) is 16.0 Å². The Labute approximate surface area is 125 Å². The predicted molar refractivity (Wildman–Crippen MR) is 81.9 cm³/mol. The van der Waals surface area contributed by atoms with E-state index in [1.807, 2.05) is 11.8 Å². The fourth-order valence-electron chi connectivity index (χ4n) is 2.77. The minimum absolute atomic E-state index is 0.0272. The highest BCUT2D eigenvalue weighted by atomic mass is 32.2. The van der Waals surface area contributed by atoms with Crippen molar-refractivity contribution in [2.45, 2.75) is 62.8 Å². The summed E-state index contributed by atoms with van der Waals surface area (Å²) >= 11 is 1.93. The summed E-state index contributed by atoms with van der Waals surface area (Å²) in [5, 5.41) is 9.39. The minimum Gasteiger partial charge on any atom is -0.356 e. The van der Waals surface area contributed by atoms with Gasteiger partial charge in [-0.25, -0.2) is 4.79 Å². The number of thioether (sulfide) groups is 1. The average molecular weight is 299 g/mol. The maximum Gasteiger partial charge on any atom is 0.315 e. The molecule has 2 saturated heterocycles. The van der Waals surface area contributed by atoms with Crippen molar-refractivity contribution in [2.75, 3.05) is 12.3 Å². The minimum atomic E-state index is -0.0272. The molecule has 3 amide bonds. The summed E-state index contributed by atoms with van der Waals surface area (Å²) in [5.41, 5.74) is 0. The van der Waals surface area contributed by atoms with E-state index in [9.17, 15) is 9.59 Å². The number of urea groups is 1. The van der Waals surface area contributed by atoms with Crippen molar-refractivity contribution >= 4 is 23.7 Å². The fourth-order valence-corrected chi connectivity index (χ4v) is 4.31. The molecular weight excluding hydrogens is 274 g/mol. The second-order valence-electron chi connectivity index (χ2n) is 5.57. The van der Waals surface area contributed by atoms with Crippen LogP contribution in [-0.4, -0.2) is 41.6 Å². The number of unbranched alkanes of at least 4 members (excludes halogenated alkanes) is 2. The first-order chi connectivity index (χ1) is 9.70. The Kier molecular flexibility index (Phi) is 6.01. The zero-order valence-electron chi connectivity index (χ0n) is 12.1.